The van der Waals surface area contributed by atoms with E-state index in [1.807, 2.05) is 0 Å². The molecule has 0 spiro atoms. The number of pyridine rings is 1. The van der Waals surface area contributed by atoms with Crippen LogP contribution in [-0.4, -0.2) is 69.1 Å². The molecule has 11 heteroatoms. The number of aliphatic hydroxyl groups excluding tert-OH is 1. The number of carbonyl (C=O) groups is 3. The zero-order valence-corrected chi connectivity index (χ0v) is 24.0. The summed E-state index contributed by atoms with van der Waals surface area (Å²) in [5, 5.41) is 17.1. The minimum absolute atomic E-state index is 0.154. The topological polar surface area (TPSA) is 137 Å². The van der Waals surface area contributed by atoms with Crippen LogP contribution in [0.1, 0.15) is 41.0 Å². The number of piperidine rings is 1. The monoisotopic (exact) mass is 589 g/mol. The van der Waals surface area contributed by atoms with E-state index in [1.54, 1.807) is 85.7 Å². The number of carbonyl (C=O) groups excluding carboxylic acids is 3. The van der Waals surface area contributed by atoms with Gasteiger partial charge in [0.25, 0.3) is 17.4 Å². The maximum Gasteiger partial charge on any atom is 0.255 e. The first-order valence-electron chi connectivity index (χ1n) is 13.6. The fraction of sp³-hybridized carbons (Fsp3) is 0.290. The van der Waals surface area contributed by atoms with E-state index in [0.717, 1.165) is 10.9 Å². The van der Waals surface area contributed by atoms with Crippen LogP contribution in [0.2, 0.25) is 5.02 Å². The highest BCUT2D eigenvalue weighted by Gasteiger charge is 2.38. The second-order valence-corrected chi connectivity index (χ2v) is 11.5. The van der Waals surface area contributed by atoms with Crippen molar-refractivity contribution in [2.45, 2.75) is 32.4 Å². The number of rotatable bonds is 7. The Morgan fingerprint density at radius 2 is 1.69 bits per heavy atom. The number of nitrogens with one attached hydrogen (secondary N) is 3. The fourth-order valence-corrected chi connectivity index (χ4v) is 5.32. The summed E-state index contributed by atoms with van der Waals surface area (Å²) < 4.78 is 1.47. The van der Waals surface area contributed by atoms with Crippen LogP contribution in [0.5, 0.6) is 0 Å². The van der Waals surface area contributed by atoms with Crippen molar-refractivity contribution in [2.75, 3.05) is 19.7 Å². The summed E-state index contributed by atoms with van der Waals surface area (Å²) in [5.74, 6) is -0.940. The molecule has 3 amide bonds. The number of likely N-dealkylation sites (tertiary alicyclic amines) is 1. The Hall–Kier alpha value is -4.41. The first-order chi connectivity index (χ1) is 20.1. The van der Waals surface area contributed by atoms with Gasteiger partial charge in [0.05, 0.1) is 29.1 Å². The molecule has 5 rings (SSSR count). The van der Waals surface area contributed by atoms with Crippen molar-refractivity contribution in [2.24, 2.45) is 5.41 Å². The Labute approximate surface area is 247 Å². The molecule has 218 valence electrons. The Morgan fingerprint density at radius 3 is 2.40 bits per heavy atom. The molecule has 4 N–H and O–H groups in total. The maximum absolute atomic E-state index is 13.4. The zero-order chi connectivity index (χ0) is 30.0. The molecule has 2 aromatic heterocycles. The van der Waals surface area contributed by atoms with E-state index in [-0.39, 0.29) is 36.4 Å². The van der Waals surface area contributed by atoms with Crippen LogP contribution in [0.3, 0.4) is 0 Å². The first-order valence-corrected chi connectivity index (χ1v) is 14.0. The third-order valence-electron chi connectivity index (χ3n) is 7.63. The SMILES string of the molecule is CC(C)(CO)C(=O)N1CC[C@@H](NC(=O)c2ccc3c(Cl)c[nH]c3c2)[C@@H](NC(=O)c2ccc(-n3ccccc3=O)cc2)C1. The van der Waals surface area contributed by atoms with Crippen molar-refractivity contribution >= 4 is 40.2 Å². The second-order valence-electron chi connectivity index (χ2n) is 11.1. The molecular weight excluding hydrogens is 558 g/mol. The van der Waals surface area contributed by atoms with Gasteiger partial charge in [-0.1, -0.05) is 23.7 Å². The van der Waals surface area contributed by atoms with E-state index >= 15 is 0 Å². The quantitative estimate of drug-likeness (QED) is 0.263. The van der Waals surface area contributed by atoms with E-state index < -0.39 is 17.5 Å². The third kappa shape index (κ3) is 5.95. The molecule has 1 aliphatic heterocycles. The van der Waals surface area contributed by atoms with Crippen LogP contribution in [0.4, 0.5) is 0 Å². The van der Waals surface area contributed by atoms with Crippen molar-refractivity contribution < 1.29 is 19.5 Å². The van der Waals surface area contributed by atoms with Crippen molar-refractivity contribution in [3.63, 3.8) is 0 Å². The number of hydrogen-bond acceptors (Lipinski definition) is 5. The Morgan fingerprint density at radius 1 is 1.00 bits per heavy atom. The van der Waals surface area contributed by atoms with Gasteiger partial charge in [-0.2, -0.15) is 0 Å². The second kappa shape index (κ2) is 11.8. The smallest absolute Gasteiger partial charge is 0.255 e. The maximum atomic E-state index is 13.4. The Kier molecular flexibility index (Phi) is 8.20. The molecule has 1 saturated heterocycles. The zero-order valence-electron chi connectivity index (χ0n) is 23.3. The van der Waals surface area contributed by atoms with Crippen LogP contribution in [-0.2, 0) is 4.79 Å². The number of aromatic amines is 1. The predicted molar refractivity (Wildman–Crippen MR) is 160 cm³/mol. The van der Waals surface area contributed by atoms with Gasteiger partial charge in [-0.05, 0) is 62.7 Å². The fourth-order valence-electron chi connectivity index (χ4n) is 5.10. The number of H-pyrrole nitrogens is 1. The molecule has 2 atom stereocenters. The molecule has 0 aliphatic carbocycles. The normalized spacial score (nSPS) is 17.2. The lowest BCUT2D eigenvalue weighted by atomic mass is 9.90. The summed E-state index contributed by atoms with van der Waals surface area (Å²) in [4.78, 5) is 56.6. The Bertz CT molecular complexity index is 1690. The standard InChI is InChI=1S/C31H32ClN5O5/c1-31(2,18-38)30(42)36-14-12-24(34-29(41)20-8-11-22-23(32)16-33-25(22)15-20)26(17-36)35-28(40)19-6-9-21(10-7-19)37-13-4-3-5-27(37)39/h3-11,13,15-16,24,26,33,38H,12,14,17-18H2,1-2H3,(H,34,41)(H,35,40)/t24-,26+/m1/s1. The van der Waals surface area contributed by atoms with Crippen molar-refractivity contribution in [3.05, 3.63) is 99.6 Å². The molecule has 0 saturated carbocycles. The molecule has 0 radical (unpaired) electrons. The van der Waals surface area contributed by atoms with Crippen LogP contribution in [0.25, 0.3) is 16.6 Å². The number of fused-ring (bicyclic) bond motifs is 1. The molecule has 10 nitrogen and oxygen atoms in total. The number of aromatic nitrogens is 2. The lowest BCUT2D eigenvalue weighted by Crippen LogP contribution is -2.62. The van der Waals surface area contributed by atoms with Crippen molar-refractivity contribution in [1.29, 1.82) is 0 Å². The summed E-state index contributed by atoms with van der Waals surface area (Å²) in [6.45, 7) is 3.52. The lowest BCUT2D eigenvalue weighted by molar-refractivity contribution is -0.144. The van der Waals surface area contributed by atoms with Gasteiger partial charge >= 0.3 is 0 Å². The van der Waals surface area contributed by atoms with Gasteiger partial charge in [-0.15, -0.1) is 0 Å². The summed E-state index contributed by atoms with van der Waals surface area (Å²) in [6, 6.07) is 15.6. The third-order valence-corrected chi connectivity index (χ3v) is 7.94. The first kappa shape index (κ1) is 29.1. The van der Waals surface area contributed by atoms with Gasteiger partial charge in [0, 0.05) is 59.3 Å². The van der Waals surface area contributed by atoms with E-state index in [2.05, 4.69) is 15.6 Å². The van der Waals surface area contributed by atoms with Crippen LogP contribution < -0.4 is 16.2 Å². The minimum Gasteiger partial charge on any atom is -0.395 e. The van der Waals surface area contributed by atoms with Gasteiger partial charge in [0.1, 0.15) is 0 Å². The molecule has 2 aromatic carbocycles. The van der Waals surface area contributed by atoms with E-state index in [4.69, 9.17) is 11.6 Å². The summed E-state index contributed by atoms with van der Waals surface area (Å²) in [6.07, 6.45) is 3.70. The molecule has 3 heterocycles. The van der Waals surface area contributed by atoms with Gasteiger partial charge in [0.15, 0.2) is 0 Å². The van der Waals surface area contributed by atoms with Gasteiger partial charge in [-0.3, -0.25) is 23.7 Å². The number of aliphatic hydroxyl groups is 1. The average molecular weight is 590 g/mol. The van der Waals surface area contributed by atoms with Crippen molar-refractivity contribution in [3.8, 4) is 5.69 Å². The molecule has 42 heavy (non-hydrogen) atoms. The largest absolute Gasteiger partial charge is 0.395 e. The number of nitrogens with zero attached hydrogens (tertiary/aromatic N) is 2. The van der Waals surface area contributed by atoms with E-state index in [0.29, 0.717) is 34.8 Å². The lowest BCUT2D eigenvalue weighted by Gasteiger charge is -2.41. The highest BCUT2D eigenvalue weighted by Crippen LogP contribution is 2.25. The van der Waals surface area contributed by atoms with Gasteiger partial charge < -0.3 is 25.6 Å². The number of benzene rings is 2. The van der Waals surface area contributed by atoms with E-state index in [1.165, 1.54) is 10.6 Å². The molecule has 1 aliphatic rings. The number of hydrogen-bond donors (Lipinski definition) is 4. The molecule has 0 bridgehead atoms. The summed E-state index contributed by atoms with van der Waals surface area (Å²) in [5.41, 5.74) is 0.958. The predicted octanol–water partition coefficient (Wildman–Crippen LogP) is 3.12. The van der Waals surface area contributed by atoms with Crippen LogP contribution in [0, 0.1) is 5.41 Å². The van der Waals surface area contributed by atoms with E-state index in [9.17, 15) is 24.3 Å². The molecule has 0 unspecified atom stereocenters. The number of halogens is 1. The molecule has 4 aromatic rings. The van der Waals surface area contributed by atoms with Crippen molar-refractivity contribution in [1.82, 2.24) is 25.1 Å². The highest BCUT2D eigenvalue weighted by molar-refractivity contribution is 6.35. The average Bonchev–Trinajstić information content (AvgIpc) is 3.37. The summed E-state index contributed by atoms with van der Waals surface area (Å²) in [7, 11) is 0. The van der Waals surface area contributed by atoms with Crippen LogP contribution in [0.15, 0.2) is 77.9 Å². The molecule has 1 fully saturated rings. The number of amides is 3. The highest BCUT2D eigenvalue weighted by atomic mass is 35.5. The minimum atomic E-state index is -0.983. The summed E-state index contributed by atoms with van der Waals surface area (Å²) >= 11 is 6.17. The van der Waals surface area contributed by atoms with Gasteiger partial charge in [0.2, 0.25) is 5.91 Å². The Balaban J connectivity index is 1.35. The van der Waals surface area contributed by atoms with Crippen LogP contribution >= 0.6 is 11.6 Å². The van der Waals surface area contributed by atoms with Gasteiger partial charge in [-0.25, -0.2) is 0 Å². The molecular formula is C31H32ClN5O5.